The molecule has 1 amide bonds. The number of carbonyl (C=O) groups is 1. The van der Waals surface area contributed by atoms with E-state index in [1.165, 1.54) is 0 Å². The molecule has 0 spiro atoms. The third-order valence-corrected chi connectivity index (χ3v) is 5.61. The van der Waals surface area contributed by atoms with E-state index in [1.807, 2.05) is 18.2 Å². The molecule has 2 atom stereocenters. The van der Waals surface area contributed by atoms with E-state index in [1.54, 1.807) is 0 Å². The topological polar surface area (TPSA) is 50.8 Å². The monoisotopic (exact) mass is 330 g/mol. The standard InChI is InChI=1S/C19H26N2O3/c22-19(21-7-5-15-12-20-13-16(15)6-8-21)4-2-14-1-3-17-18(11-14)24-10-9-23-17/h1,3,11,15-16,20H,2,4-10,12-13H2/t15-,16+. The fourth-order valence-electron chi connectivity index (χ4n) is 4.12. The van der Waals surface area contributed by atoms with Gasteiger partial charge in [-0.1, -0.05) is 6.07 Å². The van der Waals surface area contributed by atoms with Gasteiger partial charge >= 0.3 is 0 Å². The molecule has 0 aromatic heterocycles. The molecular formula is C19H26N2O3. The number of ether oxygens (including phenoxy) is 2. The lowest BCUT2D eigenvalue weighted by atomic mass is 9.92. The molecule has 3 heterocycles. The van der Waals surface area contributed by atoms with E-state index in [0.717, 1.165) is 74.3 Å². The summed E-state index contributed by atoms with van der Waals surface area (Å²) >= 11 is 0. The highest BCUT2D eigenvalue weighted by molar-refractivity contribution is 5.76. The summed E-state index contributed by atoms with van der Waals surface area (Å²) in [6.07, 6.45) is 3.63. The Bertz CT molecular complexity index is 590. The van der Waals surface area contributed by atoms with Crippen LogP contribution in [0.15, 0.2) is 18.2 Å². The summed E-state index contributed by atoms with van der Waals surface area (Å²) in [5.74, 6) is 3.43. The highest BCUT2D eigenvalue weighted by atomic mass is 16.6. The smallest absolute Gasteiger partial charge is 0.222 e. The van der Waals surface area contributed by atoms with Crippen LogP contribution in [0.1, 0.15) is 24.8 Å². The van der Waals surface area contributed by atoms with Crippen LogP contribution in [-0.4, -0.2) is 50.2 Å². The van der Waals surface area contributed by atoms with E-state index in [9.17, 15) is 4.79 Å². The average molecular weight is 330 g/mol. The van der Waals surface area contributed by atoms with Gasteiger partial charge in [-0.05, 0) is 61.9 Å². The first-order valence-electron chi connectivity index (χ1n) is 9.16. The highest BCUT2D eigenvalue weighted by Gasteiger charge is 2.31. The van der Waals surface area contributed by atoms with Gasteiger partial charge in [0.2, 0.25) is 5.91 Å². The predicted molar refractivity (Wildman–Crippen MR) is 91.4 cm³/mol. The average Bonchev–Trinajstić information content (AvgIpc) is 2.98. The van der Waals surface area contributed by atoms with Crippen LogP contribution in [0.4, 0.5) is 0 Å². The normalized spacial score (nSPS) is 25.9. The minimum Gasteiger partial charge on any atom is -0.486 e. The summed E-state index contributed by atoms with van der Waals surface area (Å²) in [5.41, 5.74) is 1.14. The van der Waals surface area contributed by atoms with Crippen molar-refractivity contribution in [2.45, 2.75) is 25.7 Å². The molecule has 24 heavy (non-hydrogen) atoms. The molecule has 3 aliphatic heterocycles. The maximum Gasteiger partial charge on any atom is 0.222 e. The Labute approximate surface area is 143 Å². The molecule has 0 aliphatic carbocycles. The van der Waals surface area contributed by atoms with Crippen molar-refractivity contribution in [3.8, 4) is 11.5 Å². The largest absolute Gasteiger partial charge is 0.486 e. The van der Waals surface area contributed by atoms with E-state index >= 15 is 0 Å². The van der Waals surface area contributed by atoms with Gasteiger partial charge in [-0.2, -0.15) is 0 Å². The summed E-state index contributed by atoms with van der Waals surface area (Å²) in [6, 6.07) is 6.01. The Morgan fingerprint density at radius 3 is 2.54 bits per heavy atom. The van der Waals surface area contributed by atoms with Crippen molar-refractivity contribution < 1.29 is 14.3 Å². The molecule has 5 heteroatoms. The number of carbonyl (C=O) groups excluding carboxylic acids is 1. The number of likely N-dealkylation sites (tertiary alicyclic amines) is 1. The predicted octanol–water partition coefficient (Wildman–Crippen LogP) is 1.85. The van der Waals surface area contributed by atoms with Crippen LogP contribution in [0, 0.1) is 11.8 Å². The fraction of sp³-hybridized carbons (Fsp3) is 0.632. The second kappa shape index (κ2) is 7.01. The van der Waals surface area contributed by atoms with Crippen LogP contribution in [0.2, 0.25) is 0 Å². The Morgan fingerprint density at radius 2 is 1.79 bits per heavy atom. The molecule has 5 nitrogen and oxygen atoms in total. The number of nitrogens with zero attached hydrogens (tertiary/aromatic N) is 1. The van der Waals surface area contributed by atoms with E-state index in [4.69, 9.17) is 9.47 Å². The van der Waals surface area contributed by atoms with Gasteiger partial charge in [0.1, 0.15) is 13.2 Å². The minimum atomic E-state index is 0.290. The summed E-state index contributed by atoms with van der Waals surface area (Å²) < 4.78 is 11.2. The van der Waals surface area contributed by atoms with Crippen molar-refractivity contribution in [3.05, 3.63) is 23.8 Å². The summed E-state index contributed by atoms with van der Waals surface area (Å²) in [4.78, 5) is 14.7. The van der Waals surface area contributed by atoms with Gasteiger partial charge in [0, 0.05) is 19.5 Å². The zero-order chi connectivity index (χ0) is 16.4. The van der Waals surface area contributed by atoms with Crippen molar-refractivity contribution in [1.29, 1.82) is 0 Å². The fourth-order valence-corrected chi connectivity index (χ4v) is 4.12. The number of hydrogen-bond donors (Lipinski definition) is 1. The maximum atomic E-state index is 12.6. The number of amides is 1. The first kappa shape index (κ1) is 15.8. The Balaban J connectivity index is 1.31. The van der Waals surface area contributed by atoms with E-state index in [0.29, 0.717) is 19.6 Å². The number of nitrogens with one attached hydrogen (secondary N) is 1. The lowest BCUT2D eigenvalue weighted by Crippen LogP contribution is -2.32. The molecule has 0 saturated carbocycles. The lowest BCUT2D eigenvalue weighted by Gasteiger charge is -2.21. The quantitative estimate of drug-likeness (QED) is 0.919. The zero-order valence-corrected chi connectivity index (χ0v) is 14.1. The van der Waals surface area contributed by atoms with Gasteiger partial charge in [-0.15, -0.1) is 0 Å². The molecule has 2 fully saturated rings. The van der Waals surface area contributed by atoms with Crippen LogP contribution in [0.25, 0.3) is 0 Å². The number of fused-ring (bicyclic) bond motifs is 2. The van der Waals surface area contributed by atoms with Crippen molar-refractivity contribution in [1.82, 2.24) is 10.2 Å². The molecular weight excluding hydrogens is 304 g/mol. The molecule has 1 N–H and O–H groups in total. The Morgan fingerprint density at radius 1 is 1.08 bits per heavy atom. The molecule has 4 rings (SSSR count). The zero-order valence-electron chi connectivity index (χ0n) is 14.1. The van der Waals surface area contributed by atoms with Gasteiger partial charge in [0.05, 0.1) is 0 Å². The van der Waals surface area contributed by atoms with Gasteiger partial charge in [-0.25, -0.2) is 0 Å². The van der Waals surface area contributed by atoms with Crippen LogP contribution in [0.3, 0.4) is 0 Å². The Kier molecular flexibility index (Phi) is 4.60. The second-order valence-corrected chi connectivity index (χ2v) is 7.11. The van der Waals surface area contributed by atoms with E-state index < -0.39 is 0 Å². The molecule has 1 aromatic rings. The van der Waals surface area contributed by atoms with Gasteiger partial charge in [-0.3, -0.25) is 4.79 Å². The first-order valence-corrected chi connectivity index (χ1v) is 9.16. The van der Waals surface area contributed by atoms with Gasteiger partial charge < -0.3 is 19.7 Å². The van der Waals surface area contributed by atoms with Crippen molar-refractivity contribution in [3.63, 3.8) is 0 Å². The van der Waals surface area contributed by atoms with Crippen LogP contribution >= 0.6 is 0 Å². The third-order valence-electron chi connectivity index (χ3n) is 5.61. The Hall–Kier alpha value is -1.75. The molecule has 0 unspecified atom stereocenters. The lowest BCUT2D eigenvalue weighted by molar-refractivity contribution is -0.131. The SMILES string of the molecule is O=C(CCc1ccc2c(c1)OCCO2)N1CC[C@@H]2CNC[C@@H]2CC1. The molecule has 1 aromatic carbocycles. The molecule has 2 saturated heterocycles. The second-order valence-electron chi connectivity index (χ2n) is 7.11. The van der Waals surface area contributed by atoms with Crippen molar-refractivity contribution in [2.24, 2.45) is 11.8 Å². The molecule has 0 bridgehead atoms. The molecule has 0 radical (unpaired) electrons. The first-order chi connectivity index (χ1) is 11.8. The summed E-state index contributed by atoms with van der Waals surface area (Å²) in [7, 11) is 0. The van der Waals surface area contributed by atoms with Crippen molar-refractivity contribution >= 4 is 5.91 Å². The van der Waals surface area contributed by atoms with Gasteiger partial charge in [0.25, 0.3) is 0 Å². The number of rotatable bonds is 3. The molecule has 3 aliphatic rings. The van der Waals surface area contributed by atoms with E-state index in [2.05, 4.69) is 10.2 Å². The van der Waals surface area contributed by atoms with E-state index in [-0.39, 0.29) is 5.91 Å². The maximum absolute atomic E-state index is 12.6. The summed E-state index contributed by atoms with van der Waals surface area (Å²) in [5, 5.41) is 3.48. The van der Waals surface area contributed by atoms with Crippen LogP contribution in [0.5, 0.6) is 11.5 Å². The third kappa shape index (κ3) is 3.36. The van der Waals surface area contributed by atoms with Crippen molar-refractivity contribution in [2.75, 3.05) is 39.4 Å². The summed E-state index contributed by atoms with van der Waals surface area (Å²) in [6.45, 7) is 5.30. The number of aryl methyl sites for hydroxylation is 1. The van der Waals surface area contributed by atoms with Gasteiger partial charge in [0.15, 0.2) is 11.5 Å². The van der Waals surface area contributed by atoms with Crippen LogP contribution < -0.4 is 14.8 Å². The minimum absolute atomic E-state index is 0.290. The highest BCUT2D eigenvalue weighted by Crippen LogP contribution is 2.31. The van der Waals surface area contributed by atoms with Crippen LogP contribution in [-0.2, 0) is 11.2 Å². The molecule has 130 valence electrons. The number of benzene rings is 1. The number of hydrogen-bond acceptors (Lipinski definition) is 4.